The van der Waals surface area contributed by atoms with E-state index in [1.807, 2.05) is 0 Å². The van der Waals surface area contributed by atoms with Crippen LogP contribution < -0.4 is 4.74 Å². The second-order valence-electron chi connectivity index (χ2n) is 4.73. The van der Waals surface area contributed by atoms with Gasteiger partial charge in [0.25, 0.3) is 0 Å². The summed E-state index contributed by atoms with van der Waals surface area (Å²) in [7, 11) is 0. The van der Waals surface area contributed by atoms with Gasteiger partial charge in [0, 0.05) is 16.7 Å². The molecule has 0 bridgehead atoms. The van der Waals surface area contributed by atoms with E-state index in [0.29, 0.717) is 35.3 Å². The number of rotatable bonds is 6. The van der Waals surface area contributed by atoms with Gasteiger partial charge in [0.2, 0.25) is 0 Å². The lowest BCUT2D eigenvalue weighted by Crippen LogP contribution is -2.04. The Bertz CT molecular complexity index is 762. The van der Waals surface area contributed by atoms with Gasteiger partial charge in [-0.2, -0.15) is 0 Å². The quantitative estimate of drug-likeness (QED) is 0.486. The molecule has 2 aromatic carbocycles. The summed E-state index contributed by atoms with van der Waals surface area (Å²) in [5, 5.41) is 19.4. The normalized spacial score (nSPS) is 11.1. The van der Waals surface area contributed by atoms with Crippen LogP contribution in [0.3, 0.4) is 0 Å². The van der Waals surface area contributed by atoms with Crippen LogP contribution in [-0.2, 0) is 4.79 Å². The second-order valence-corrected chi connectivity index (χ2v) is 4.73. The molecule has 0 radical (unpaired) electrons. The fourth-order valence-corrected chi connectivity index (χ4v) is 2.13. The molecule has 0 aliphatic carbocycles. The van der Waals surface area contributed by atoms with Crippen molar-refractivity contribution >= 4 is 23.9 Å². The van der Waals surface area contributed by atoms with Crippen LogP contribution in [-0.4, -0.2) is 29.1 Å². The minimum absolute atomic E-state index is 0.0197. The number of hydrogen-bond donors (Lipinski definition) is 2. The van der Waals surface area contributed by atoms with Gasteiger partial charge in [0.05, 0.1) is 12.2 Å². The molecular weight excluding hydrogens is 296 g/mol. The van der Waals surface area contributed by atoms with Crippen LogP contribution in [0.25, 0.3) is 11.6 Å². The standard InChI is InChI=1S/C18H16O5/c1-2-23-17-9-12(11-19)7-8-14(17)15(18(21)22)10-13-5-3-4-6-16(13)20/h3-11,20H,2H2,1H3,(H,21,22). The molecule has 0 aromatic heterocycles. The van der Waals surface area contributed by atoms with E-state index in [2.05, 4.69) is 0 Å². The summed E-state index contributed by atoms with van der Waals surface area (Å²) in [5.74, 6) is -0.872. The van der Waals surface area contributed by atoms with E-state index in [4.69, 9.17) is 4.74 Å². The van der Waals surface area contributed by atoms with E-state index >= 15 is 0 Å². The largest absolute Gasteiger partial charge is 0.507 e. The molecule has 2 aromatic rings. The Morgan fingerprint density at radius 2 is 1.96 bits per heavy atom. The number of carbonyl (C=O) groups excluding carboxylic acids is 1. The fraction of sp³-hybridized carbons (Fsp3) is 0.111. The van der Waals surface area contributed by atoms with Crippen molar-refractivity contribution in [1.82, 2.24) is 0 Å². The molecule has 23 heavy (non-hydrogen) atoms. The average molecular weight is 312 g/mol. The summed E-state index contributed by atoms with van der Waals surface area (Å²) in [6.45, 7) is 2.10. The summed E-state index contributed by atoms with van der Waals surface area (Å²) in [4.78, 5) is 22.5. The van der Waals surface area contributed by atoms with Crippen molar-refractivity contribution in [2.75, 3.05) is 6.61 Å². The summed E-state index contributed by atoms with van der Waals surface area (Å²) >= 11 is 0. The zero-order chi connectivity index (χ0) is 16.8. The number of ether oxygens (including phenoxy) is 1. The summed E-state index contributed by atoms with van der Waals surface area (Å²) < 4.78 is 5.45. The van der Waals surface area contributed by atoms with Gasteiger partial charge in [0.1, 0.15) is 17.8 Å². The Labute approximate surface area is 133 Å². The topological polar surface area (TPSA) is 83.8 Å². The molecule has 0 aliphatic heterocycles. The molecule has 0 atom stereocenters. The molecule has 0 amide bonds. The van der Waals surface area contributed by atoms with E-state index in [-0.39, 0.29) is 11.3 Å². The van der Waals surface area contributed by atoms with Gasteiger partial charge in [-0.1, -0.05) is 24.3 Å². The van der Waals surface area contributed by atoms with Crippen LogP contribution in [0.15, 0.2) is 42.5 Å². The molecule has 2 N–H and O–H groups in total. The van der Waals surface area contributed by atoms with Crippen molar-refractivity contribution in [1.29, 1.82) is 0 Å². The lowest BCUT2D eigenvalue weighted by Gasteiger charge is -2.12. The van der Waals surface area contributed by atoms with Gasteiger partial charge in [-0.25, -0.2) is 4.79 Å². The second kappa shape index (κ2) is 7.26. The van der Waals surface area contributed by atoms with Crippen LogP contribution >= 0.6 is 0 Å². The molecular formula is C18H16O5. The third-order valence-corrected chi connectivity index (χ3v) is 3.20. The first-order valence-corrected chi connectivity index (χ1v) is 7.02. The minimum atomic E-state index is -1.16. The van der Waals surface area contributed by atoms with Gasteiger partial charge in [0.15, 0.2) is 0 Å². The molecule has 0 spiro atoms. The van der Waals surface area contributed by atoms with E-state index in [1.54, 1.807) is 25.1 Å². The van der Waals surface area contributed by atoms with Crippen LogP contribution in [0.4, 0.5) is 0 Å². The Morgan fingerprint density at radius 1 is 1.22 bits per heavy atom. The number of para-hydroxylation sites is 1. The molecule has 5 nitrogen and oxygen atoms in total. The maximum atomic E-state index is 11.7. The Kier molecular flexibility index (Phi) is 5.15. The molecule has 0 saturated carbocycles. The Balaban J connectivity index is 2.60. The zero-order valence-corrected chi connectivity index (χ0v) is 12.5. The highest BCUT2D eigenvalue weighted by atomic mass is 16.5. The average Bonchev–Trinajstić information content (AvgIpc) is 2.54. The smallest absolute Gasteiger partial charge is 0.336 e. The maximum Gasteiger partial charge on any atom is 0.336 e. The molecule has 2 rings (SSSR count). The van der Waals surface area contributed by atoms with Gasteiger partial charge < -0.3 is 14.9 Å². The molecule has 5 heteroatoms. The van der Waals surface area contributed by atoms with Gasteiger partial charge in [-0.05, 0) is 31.2 Å². The number of aliphatic carboxylic acids is 1. The number of phenolic OH excluding ortho intramolecular Hbond substituents is 1. The predicted octanol–water partition coefficient (Wildman–Crippen LogP) is 3.23. The molecule has 0 aliphatic rings. The lowest BCUT2D eigenvalue weighted by molar-refractivity contribution is -0.130. The third kappa shape index (κ3) is 3.77. The first-order chi connectivity index (χ1) is 11.1. The first kappa shape index (κ1) is 16.3. The van der Waals surface area contributed by atoms with Crippen molar-refractivity contribution < 1.29 is 24.5 Å². The maximum absolute atomic E-state index is 11.7. The number of carboxylic acids is 1. The van der Waals surface area contributed by atoms with Gasteiger partial charge >= 0.3 is 5.97 Å². The number of phenols is 1. The lowest BCUT2D eigenvalue weighted by atomic mass is 10.00. The Hall–Kier alpha value is -3.08. The molecule has 118 valence electrons. The first-order valence-electron chi connectivity index (χ1n) is 7.02. The Morgan fingerprint density at radius 3 is 2.57 bits per heavy atom. The molecule has 0 saturated heterocycles. The van der Waals surface area contributed by atoms with Gasteiger partial charge in [-0.3, -0.25) is 4.79 Å². The highest BCUT2D eigenvalue weighted by molar-refractivity contribution is 6.21. The summed E-state index contributed by atoms with van der Waals surface area (Å²) in [5.41, 5.74) is 1.08. The highest BCUT2D eigenvalue weighted by Crippen LogP contribution is 2.30. The zero-order valence-electron chi connectivity index (χ0n) is 12.5. The van der Waals surface area contributed by atoms with Gasteiger partial charge in [-0.15, -0.1) is 0 Å². The molecule has 0 fully saturated rings. The van der Waals surface area contributed by atoms with E-state index in [9.17, 15) is 19.8 Å². The van der Waals surface area contributed by atoms with Crippen molar-refractivity contribution in [3.05, 3.63) is 59.2 Å². The number of aldehydes is 1. The van der Waals surface area contributed by atoms with Crippen molar-refractivity contribution in [2.45, 2.75) is 6.92 Å². The number of carboxylic acid groups (broad SMARTS) is 1. The summed E-state index contributed by atoms with van der Waals surface area (Å²) in [6.07, 6.45) is 2.04. The molecule has 0 heterocycles. The van der Waals surface area contributed by atoms with Crippen molar-refractivity contribution in [3.63, 3.8) is 0 Å². The SMILES string of the molecule is CCOc1cc(C=O)ccc1C(=Cc1ccccc1O)C(=O)O. The molecule has 0 unspecified atom stereocenters. The van der Waals surface area contributed by atoms with Crippen LogP contribution in [0.1, 0.15) is 28.4 Å². The van der Waals surface area contributed by atoms with E-state index in [0.717, 1.165) is 0 Å². The van der Waals surface area contributed by atoms with Crippen LogP contribution in [0.2, 0.25) is 0 Å². The van der Waals surface area contributed by atoms with Crippen molar-refractivity contribution in [3.8, 4) is 11.5 Å². The highest BCUT2D eigenvalue weighted by Gasteiger charge is 2.17. The predicted molar refractivity (Wildman–Crippen MR) is 86.6 cm³/mol. The van der Waals surface area contributed by atoms with E-state index in [1.165, 1.54) is 30.3 Å². The van der Waals surface area contributed by atoms with Crippen LogP contribution in [0.5, 0.6) is 11.5 Å². The van der Waals surface area contributed by atoms with Crippen LogP contribution in [0, 0.1) is 0 Å². The minimum Gasteiger partial charge on any atom is -0.507 e. The number of benzene rings is 2. The van der Waals surface area contributed by atoms with Crippen molar-refractivity contribution in [2.24, 2.45) is 0 Å². The number of hydrogen-bond acceptors (Lipinski definition) is 4. The van der Waals surface area contributed by atoms with E-state index < -0.39 is 5.97 Å². The number of carbonyl (C=O) groups is 2. The monoisotopic (exact) mass is 312 g/mol. The fourth-order valence-electron chi connectivity index (χ4n) is 2.13. The summed E-state index contributed by atoms with van der Waals surface area (Å²) in [6, 6.07) is 11.0. The third-order valence-electron chi connectivity index (χ3n) is 3.20. The number of aromatic hydroxyl groups is 1.